The van der Waals surface area contributed by atoms with Crippen LogP contribution in [-0.4, -0.2) is 38.0 Å². The van der Waals surface area contributed by atoms with Crippen molar-refractivity contribution in [2.75, 3.05) is 12.3 Å². The van der Waals surface area contributed by atoms with Crippen molar-refractivity contribution < 1.29 is 13.5 Å². The van der Waals surface area contributed by atoms with Crippen molar-refractivity contribution in [3.8, 4) is 0 Å². The average molecular weight is 292 g/mol. The standard InChI is InChI=1S/C12H18ClNO3S/c1-9(2)14-7-11(15)8-18(16,17)12-5-3-4-10(13)6-12/h3-6,9,11,14-15H,7-8H2,1-2H3. The summed E-state index contributed by atoms with van der Waals surface area (Å²) in [6.07, 6.45) is -0.934. The summed E-state index contributed by atoms with van der Waals surface area (Å²) in [4.78, 5) is 0.138. The Bertz CT molecular complexity index is 488. The predicted octanol–water partition coefficient (Wildman–Crippen LogP) is 1.47. The molecule has 0 spiro atoms. The monoisotopic (exact) mass is 291 g/mol. The fraction of sp³-hybridized carbons (Fsp3) is 0.500. The van der Waals surface area contributed by atoms with Gasteiger partial charge >= 0.3 is 0 Å². The lowest BCUT2D eigenvalue weighted by molar-refractivity contribution is 0.190. The number of hydrogen-bond acceptors (Lipinski definition) is 4. The third kappa shape index (κ3) is 4.94. The van der Waals surface area contributed by atoms with Crippen LogP contribution in [0.1, 0.15) is 13.8 Å². The zero-order chi connectivity index (χ0) is 13.8. The lowest BCUT2D eigenvalue weighted by atomic mass is 10.3. The number of nitrogens with one attached hydrogen (secondary N) is 1. The second kappa shape index (κ2) is 6.52. The molecule has 4 nitrogen and oxygen atoms in total. The number of rotatable bonds is 6. The molecule has 0 aromatic heterocycles. The minimum absolute atomic E-state index is 0.138. The van der Waals surface area contributed by atoms with Gasteiger partial charge in [0.1, 0.15) is 0 Å². The van der Waals surface area contributed by atoms with Crippen LogP contribution in [-0.2, 0) is 9.84 Å². The smallest absolute Gasteiger partial charge is 0.181 e. The van der Waals surface area contributed by atoms with E-state index in [9.17, 15) is 13.5 Å². The number of hydrogen-bond donors (Lipinski definition) is 2. The van der Waals surface area contributed by atoms with E-state index in [1.54, 1.807) is 12.1 Å². The zero-order valence-corrected chi connectivity index (χ0v) is 12.0. The van der Waals surface area contributed by atoms with E-state index < -0.39 is 15.9 Å². The molecule has 0 bridgehead atoms. The van der Waals surface area contributed by atoms with Crippen molar-refractivity contribution in [1.82, 2.24) is 5.32 Å². The Balaban J connectivity index is 2.70. The average Bonchev–Trinajstić information content (AvgIpc) is 2.26. The van der Waals surface area contributed by atoms with Crippen molar-refractivity contribution >= 4 is 21.4 Å². The summed E-state index contributed by atoms with van der Waals surface area (Å²) in [6.45, 7) is 4.11. The van der Waals surface area contributed by atoms with Crippen LogP contribution in [0.15, 0.2) is 29.2 Å². The Morgan fingerprint density at radius 2 is 2.06 bits per heavy atom. The highest BCUT2D eigenvalue weighted by Crippen LogP contribution is 2.17. The maximum atomic E-state index is 12.0. The van der Waals surface area contributed by atoms with Gasteiger partial charge in [-0.2, -0.15) is 0 Å². The maximum absolute atomic E-state index is 12.0. The van der Waals surface area contributed by atoms with Crippen molar-refractivity contribution in [3.63, 3.8) is 0 Å². The molecule has 1 aromatic carbocycles. The van der Waals surface area contributed by atoms with Crippen molar-refractivity contribution in [2.45, 2.75) is 30.9 Å². The fourth-order valence-electron chi connectivity index (χ4n) is 1.44. The molecule has 102 valence electrons. The van der Waals surface area contributed by atoms with Gasteiger partial charge in [0.05, 0.1) is 16.8 Å². The number of sulfone groups is 1. The van der Waals surface area contributed by atoms with Gasteiger partial charge in [-0.25, -0.2) is 8.42 Å². The second-order valence-electron chi connectivity index (χ2n) is 4.46. The third-order valence-electron chi connectivity index (χ3n) is 2.33. The molecule has 0 saturated carbocycles. The van der Waals surface area contributed by atoms with Crippen LogP contribution in [0.5, 0.6) is 0 Å². The van der Waals surface area contributed by atoms with E-state index >= 15 is 0 Å². The van der Waals surface area contributed by atoms with E-state index in [4.69, 9.17) is 11.6 Å². The Hall–Kier alpha value is -0.620. The van der Waals surface area contributed by atoms with Crippen molar-refractivity contribution in [2.24, 2.45) is 0 Å². The number of aliphatic hydroxyl groups is 1. The molecule has 0 fully saturated rings. The molecule has 0 aliphatic rings. The first-order valence-corrected chi connectivity index (χ1v) is 7.74. The van der Waals surface area contributed by atoms with E-state index in [2.05, 4.69) is 5.32 Å². The van der Waals surface area contributed by atoms with E-state index in [0.717, 1.165) is 0 Å². The first-order chi connectivity index (χ1) is 8.31. The minimum Gasteiger partial charge on any atom is -0.391 e. The van der Waals surface area contributed by atoms with Crippen LogP contribution in [0.4, 0.5) is 0 Å². The van der Waals surface area contributed by atoms with Crippen molar-refractivity contribution in [3.05, 3.63) is 29.3 Å². The van der Waals surface area contributed by atoms with Gasteiger partial charge in [-0.05, 0) is 18.2 Å². The predicted molar refractivity (Wildman–Crippen MR) is 72.7 cm³/mol. The quantitative estimate of drug-likeness (QED) is 0.833. The van der Waals surface area contributed by atoms with E-state index in [1.165, 1.54) is 12.1 Å². The Kier molecular flexibility index (Phi) is 5.59. The van der Waals surface area contributed by atoms with Crippen molar-refractivity contribution in [1.29, 1.82) is 0 Å². The van der Waals surface area contributed by atoms with Gasteiger partial charge in [0, 0.05) is 17.6 Å². The summed E-state index contributed by atoms with van der Waals surface area (Å²) >= 11 is 5.75. The Labute approximate surface area is 113 Å². The molecule has 0 heterocycles. The van der Waals surface area contributed by atoms with Gasteiger partial charge in [0.25, 0.3) is 0 Å². The summed E-state index contributed by atoms with van der Waals surface area (Å²) < 4.78 is 24.0. The summed E-state index contributed by atoms with van der Waals surface area (Å²) in [5.74, 6) is -0.312. The molecule has 18 heavy (non-hydrogen) atoms. The largest absolute Gasteiger partial charge is 0.391 e. The van der Waals surface area contributed by atoms with Crippen LogP contribution in [0, 0.1) is 0 Å². The molecular weight excluding hydrogens is 274 g/mol. The van der Waals surface area contributed by atoms with Crippen LogP contribution < -0.4 is 5.32 Å². The molecule has 1 rings (SSSR count). The molecule has 1 aromatic rings. The van der Waals surface area contributed by atoms with Gasteiger partial charge in [-0.15, -0.1) is 0 Å². The molecule has 0 aliphatic carbocycles. The lowest BCUT2D eigenvalue weighted by Crippen LogP contribution is -2.35. The molecule has 1 unspecified atom stereocenters. The molecule has 0 amide bonds. The van der Waals surface area contributed by atoms with Crippen LogP contribution >= 0.6 is 11.6 Å². The molecule has 1 atom stereocenters. The normalized spacial score (nSPS) is 13.8. The van der Waals surface area contributed by atoms with Gasteiger partial charge in [0.15, 0.2) is 9.84 Å². The fourth-order valence-corrected chi connectivity index (χ4v) is 3.10. The van der Waals surface area contributed by atoms with E-state index in [1.807, 2.05) is 13.8 Å². The molecule has 6 heteroatoms. The Morgan fingerprint density at radius 1 is 1.39 bits per heavy atom. The summed E-state index contributed by atoms with van der Waals surface area (Å²) in [6, 6.07) is 6.25. The zero-order valence-electron chi connectivity index (χ0n) is 10.4. The Morgan fingerprint density at radius 3 is 2.61 bits per heavy atom. The summed E-state index contributed by atoms with van der Waals surface area (Å²) in [5, 5.41) is 13.0. The molecule has 0 aliphatic heterocycles. The topological polar surface area (TPSA) is 66.4 Å². The highest BCUT2D eigenvalue weighted by atomic mass is 35.5. The van der Waals surface area contributed by atoms with Gasteiger partial charge in [0.2, 0.25) is 0 Å². The first-order valence-electron chi connectivity index (χ1n) is 5.71. The van der Waals surface area contributed by atoms with Crippen LogP contribution in [0.2, 0.25) is 5.02 Å². The van der Waals surface area contributed by atoms with Crippen LogP contribution in [0.25, 0.3) is 0 Å². The van der Waals surface area contributed by atoms with E-state index in [0.29, 0.717) is 5.02 Å². The van der Waals surface area contributed by atoms with Gasteiger partial charge < -0.3 is 10.4 Å². The maximum Gasteiger partial charge on any atom is 0.181 e. The second-order valence-corrected chi connectivity index (χ2v) is 6.93. The van der Waals surface area contributed by atoms with Crippen LogP contribution in [0.3, 0.4) is 0 Å². The number of aliphatic hydroxyl groups excluding tert-OH is 1. The summed E-state index contributed by atoms with van der Waals surface area (Å²) in [7, 11) is -3.50. The molecule has 0 saturated heterocycles. The lowest BCUT2D eigenvalue weighted by Gasteiger charge is -2.14. The van der Waals surface area contributed by atoms with E-state index in [-0.39, 0.29) is 23.2 Å². The van der Waals surface area contributed by atoms with Gasteiger partial charge in [-0.1, -0.05) is 31.5 Å². The minimum atomic E-state index is -3.50. The third-order valence-corrected chi connectivity index (χ3v) is 4.36. The molecule has 2 N–H and O–H groups in total. The number of halogens is 1. The molecule has 0 radical (unpaired) electrons. The number of benzene rings is 1. The SMILES string of the molecule is CC(C)NCC(O)CS(=O)(=O)c1cccc(Cl)c1. The highest BCUT2D eigenvalue weighted by molar-refractivity contribution is 7.91. The summed E-state index contributed by atoms with van der Waals surface area (Å²) in [5.41, 5.74) is 0. The first kappa shape index (κ1) is 15.4. The molecular formula is C12H18ClNO3S. The highest BCUT2D eigenvalue weighted by Gasteiger charge is 2.19. The van der Waals surface area contributed by atoms with Gasteiger partial charge in [-0.3, -0.25) is 0 Å².